The summed E-state index contributed by atoms with van der Waals surface area (Å²) >= 11 is 0. The number of ether oxygens (including phenoxy) is 2. The number of amides is 1. The topological polar surface area (TPSA) is 47.6 Å². The van der Waals surface area contributed by atoms with E-state index >= 15 is 0 Å². The monoisotopic (exact) mass is 313 g/mol. The Morgan fingerprint density at radius 3 is 2.26 bits per heavy atom. The first-order valence-corrected chi connectivity index (χ1v) is 7.83. The summed E-state index contributed by atoms with van der Waals surface area (Å²) in [6.07, 6.45) is 0. The molecule has 0 aliphatic heterocycles. The minimum atomic E-state index is -0.169. The van der Waals surface area contributed by atoms with Crippen molar-refractivity contribution in [3.05, 3.63) is 53.1 Å². The van der Waals surface area contributed by atoms with Gasteiger partial charge < -0.3 is 14.8 Å². The smallest absolute Gasteiger partial charge is 0.255 e. The molecule has 0 saturated carbocycles. The Labute approximate surface area is 137 Å². The van der Waals surface area contributed by atoms with E-state index in [2.05, 4.69) is 5.32 Å². The molecule has 0 spiro atoms. The molecule has 2 aromatic rings. The van der Waals surface area contributed by atoms with Gasteiger partial charge in [-0.25, -0.2) is 0 Å². The molecule has 0 unspecified atom stereocenters. The maximum atomic E-state index is 12.4. The van der Waals surface area contributed by atoms with Crippen molar-refractivity contribution in [2.75, 3.05) is 18.5 Å². The van der Waals surface area contributed by atoms with Crippen LogP contribution in [0, 0.1) is 13.8 Å². The highest BCUT2D eigenvalue weighted by Crippen LogP contribution is 2.29. The van der Waals surface area contributed by atoms with Crippen molar-refractivity contribution >= 4 is 11.6 Å². The molecule has 122 valence electrons. The standard InChI is InChI=1S/C19H23NO3/c1-5-22-17-10-8-15(12-18(17)23-6-2)19(21)20-16-9-7-13(3)14(4)11-16/h7-12H,5-6H2,1-4H3,(H,20,21). The number of carbonyl (C=O) groups excluding carboxylic acids is 1. The van der Waals surface area contributed by atoms with Crippen molar-refractivity contribution in [2.45, 2.75) is 27.7 Å². The summed E-state index contributed by atoms with van der Waals surface area (Å²) < 4.78 is 11.1. The van der Waals surface area contributed by atoms with Crippen molar-refractivity contribution in [3.63, 3.8) is 0 Å². The van der Waals surface area contributed by atoms with Gasteiger partial charge in [0.25, 0.3) is 5.91 Å². The molecule has 0 atom stereocenters. The number of aryl methyl sites for hydroxylation is 2. The molecule has 0 aliphatic carbocycles. The van der Waals surface area contributed by atoms with E-state index in [1.807, 2.05) is 45.9 Å². The van der Waals surface area contributed by atoms with Crippen LogP contribution in [0.2, 0.25) is 0 Å². The van der Waals surface area contributed by atoms with E-state index in [4.69, 9.17) is 9.47 Å². The van der Waals surface area contributed by atoms with E-state index in [1.165, 1.54) is 5.56 Å². The van der Waals surface area contributed by atoms with Gasteiger partial charge in [0.1, 0.15) is 0 Å². The van der Waals surface area contributed by atoms with E-state index in [1.54, 1.807) is 18.2 Å². The SMILES string of the molecule is CCOc1ccc(C(=O)Nc2ccc(C)c(C)c2)cc1OCC. The van der Waals surface area contributed by atoms with E-state index in [0.717, 1.165) is 11.3 Å². The van der Waals surface area contributed by atoms with Gasteiger partial charge in [-0.1, -0.05) is 6.07 Å². The molecule has 0 bridgehead atoms. The van der Waals surface area contributed by atoms with Crippen molar-refractivity contribution in [1.29, 1.82) is 0 Å². The Balaban J connectivity index is 2.21. The number of carbonyl (C=O) groups is 1. The second-order valence-corrected chi connectivity index (χ2v) is 5.28. The number of benzene rings is 2. The fraction of sp³-hybridized carbons (Fsp3) is 0.316. The number of hydrogen-bond acceptors (Lipinski definition) is 3. The number of rotatable bonds is 6. The number of anilines is 1. The normalized spacial score (nSPS) is 10.3. The summed E-state index contributed by atoms with van der Waals surface area (Å²) in [6.45, 7) is 8.95. The highest BCUT2D eigenvalue weighted by Gasteiger charge is 2.12. The average molecular weight is 313 g/mol. The molecule has 0 fully saturated rings. The van der Waals surface area contributed by atoms with E-state index < -0.39 is 0 Å². The highest BCUT2D eigenvalue weighted by molar-refractivity contribution is 6.04. The first-order chi connectivity index (χ1) is 11.0. The Morgan fingerprint density at radius 1 is 0.913 bits per heavy atom. The molecule has 4 nitrogen and oxygen atoms in total. The summed E-state index contributed by atoms with van der Waals surface area (Å²) in [5, 5.41) is 2.91. The van der Waals surface area contributed by atoms with Gasteiger partial charge in [0.2, 0.25) is 0 Å². The third-order valence-corrected chi connectivity index (χ3v) is 3.57. The molecule has 2 rings (SSSR count). The Hall–Kier alpha value is -2.49. The molecule has 0 saturated heterocycles. The second kappa shape index (κ2) is 7.68. The molecule has 0 heterocycles. The predicted molar refractivity (Wildman–Crippen MR) is 92.6 cm³/mol. The molecule has 1 amide bonds. The quantitative estimate of drug-likeness (QED) is 0.862. The number of nitrogens with one attached hydrogen (secondary N) is 1. The van der Waals surface area contributed by atoms with Gasteiger partial charge in [0, 0.05) is 11.3 Å². The largest absolute Gasteiger partial charge is 0.490 e. The molecule has 23 heavy (non-hydrogen) atoms. The van der Waals surface area contributed by atoms with Gasteiger partial charge in [-0.15, -0.1) is 0 Å². The van der Waals surface area contributed by atoms with Crippen LogP contribution in [0.25, 0.3) is 0 Å². The van der Waals surface area contributed by atoms with Crippen LogP contribution in [-0.2, 0) is 0 Å². The number of hydrogen-bond donors (Lipinski definition) is 1. The van der Waals surface area contributed by atoms with Crippen LogP contribution in [0.4, 0.5) is 5.69 Å². The van der Waals surface area contributed by atoms with Gasteiger partial charge in [-0.05, 0) is 69.2 Å². The third kappa shape index (κ3) is 4.25. The zero-order valence-corrected chi connectivity index (χ0v) is 14.1. The van der Waals surface area contributed by atoms with Gasteiger partial charge in [0.15, 0.2) is 11.5 Å². The summed E-state index contributed by atoms with van der Waals surface area (Å²) in [7, 11) is 0. The lowest BCUT2D eigenvalue weighted by atomic mass is 10.1. The molecular weight excluding hydrogens is 290 g/mol. The van der Waals surface area contributed by atoms with Crippen molar-refractivity contribution < 1.29 is 14.3 Å². The van der Waals surface area contributed by atoms with Gasteiger partial charge in [-0.2, -0.15) is 0 Å². The predicted octanol–water partition coefficient (Wildman–Crippen LogP) is 4.35. The first kappa shape index (κ1) is 16.9. The Bertz CT molecular complexity index is 695. The minimum absolute atomic E-state index is 0.169. The Morgan fingerprint density at radius 2 is 1.61 bits per heavy atom. The van der Waals surface area contributed by atoms with Crippen LogP contribution in [0.1, 0.15) is 35.3 Å². The minimum Gasteiger partial charge on any atom is -0.490 e. The molecule has 0 aliphatic rings. The zero-order valence-electron chi connectivity index (χ0n) is 14.1. The van der Waals surface area contributed by atoms with Crippen molar-refractivity contribution in [2.24, 2.45) is 0 Å². The summed E-state index contributed by atoms with van der Waals surface area (Å²) in [4.78, 5) is 12.4. The van der Waals surface area contributed by atoms with E-state index in [9.17, 15) is 4.79 Å². The summed E-state index contributed by atoms with van der Waals surface area (Å²) in [5.74, 6) is 1.07. The average Bonchev–Trinajstić information content (AvgIpc) is 2.53. The van der Waals surface area contributed by atoms with Crippen LogP contribution >= 0.6 is 0 Å². The van der Waals surface area contributed by atoms with Crippen LogP contribution in [0.15, 0.2) is 36.4 Å². The lowest BCUT2D eigenvalue weighted by Gasteiger charge is -2.13. The first-order valence-electron chi connectivity index (χ1n) is 7.83. The van der Waals surface area contributed by atoms with Crippen LogP contribution in [-0.4, -0.2) is 19.1 Å². The van der Waals surface area contributed by atoms with E-state index in [0.29, 0.717) is 30.3 Å². The van der Waals surface area contributed by atoms with Crippen molar-refractivity contribution in [3.8, 4) is 11.5 Å². The lowest BCUT2D eigenvalue weighted by Crippen LogP contribution is -2.12. The summed E-state index contributed by atoms with van der Waals surface area (Å²) in [6, 6.07) is 11.1. The van der Waals surface area contributed by atoms with E-state index in [-0.39, 0.29) is 5.91 Å². The fourth-order valence-corrected chi connectivity index (χ4v) is 2.21. The van der Waals surface area contributed by atoms with Crippen molar-refractivity contribution in [1.82, 2.24) is 0 Å². The maximum absolute atomic E-state index is 12.4. The molecule has 2 aromatic carbocycles. The molecular formula is C19H23NO3. The van der Waals surface area contributed by atoms with Crippen LogP contribution < -0.4 is 14.8 Å². The van der Waals surface area contributed by atoms with Crippen LogP contribution in [0.5, 0.6) is 11.5 Å². The van der Waals surface area contributed by atoms with Gasteiger partial charge in [0.05, 0.1) is 13.2 Å². The Kier molecular flexibility index (Phi) is 5.63. The van der Waals surface area contributed by atoms with Crippen LogP contribution in [0.3, 0.4) is 0 Å². The maximum Gasteiger partial charge on any atom is 0.255 e. The second-order valence-electron chi connectivity index (χ2n) is 5.28. The highest BCUT2D eigenvalue weighted by atomic mass is 16.5. The molecule has 1 N–H and O–H groups in total. The lowest BCUT2D eigenvalue weighted by molar-refractivity contribution is 0.102. The molecule has 0 radical (unpaired) electrons. The fourth-order valence-electron chi connectivity index (χ4n) is 2.21. The van der Waals surface area contributed by atoms with Gasteiger partial charge >= 0.3 is 0 Å². The molecule has 4 heteroatoms. The van der Waals surface area contributed by atoms with Gasteiger partial charge in [-0.3, -0.25) is 4.79 Å². The summed E-state index contributed by atoms with van der Waals surface area (Å²) in [5.41, 5.74) is 3.66. The zero-order chi connectivity index (χ0) is 16.8. The third-order valence-electron chi connectivity index (χ3n) is 3.57. The molecule has 0 aromatic heterocycles.